The fourth-order valence-corrected chi connectivity index (χ4v) is 2.58. The second kappa shape index (κ2) is 5.67. The van der Waals surface area contributed by atoms with Gasteiger partial charge in [-0.05, 0) is 32.1 Å². The van der Waals surface area contributed by atoms with Gasteiger partial charge in [0.05, 0.1) is 18.6 Å². The molecule has 0 aliphatic carbocycles. The summed E-state index contributed by atoms with van der Waals surface area (Å²) in [4.78, 5) is 19.9. The van der Waals surface area contributed by atoms with Crippen molar-refractivity contribution < 1.29 is 9.90 Å². The van der Waals surface area contributed by atoms with Gasteiger partial charge in [-0.15, -0.1) is 0 Å². The van der Waals surface area contributed by atoms with Crippen LogP contribution in [0.4, 0.5) is 0 Å². The van der Waals surface area contributed by atoms with Gasteiger partial charge < -0.3 is 14.9 Å². The molecule has 0 spiro atoms. The lowest BCUT2D eigenvalue weighted by Gasteiger charge is -2.26. The first-order valence-electron chi connectivity index (χ1n) is 6.52. The van der Waals surface area contributed by atoms with Crippen LogP contribution in [0.15, 0.2) is 24.5 Å². The number of aromatic nitrogens is 1. The van der Waals surface area contributed by atoms with Crippen molar-refractivity contribution in [2.24, 2.45) is 0 Å². The summed E-state index contributed by atoms with van der Waals surface area (Å²) < 4.78 is 0. The molecule has 1 aliphatic heterocycles. The van der Waals surface area contributed by atoms with Crippen molar-refractivity contribution in [2.45, 2.75) is 18.4 Å². The summed E-state index contributed by atoms with van der Waals surface area (Å²) in [7, 11) is 3.86. The molecule has 2 heterocycles. The Balaban J connectivity index is 1.92. The van der Waals surface area contributed by atoms with E-state index in [4.69, 9.17) is 0 Å². The average Bonchev–Trinajstić information content (AvgIpc) is 2.72. The van der Waals surface area contributed by atoms with Crippen molar-refractivity contribution in [3.63, 3.8) is 0 Å². The Bertz CT molecular complexity index is 436. The van der Waals surface area contributed by atoms with Gasteiger partial charge in [-0.3, -0.25) is 9.78 Å². The van der Waals surface area contributed by atoms with E-state index in [0.29, 0.717) is 32.5 Å². The van der Waals surface area contributed by atoms with Gasteiger partial charge >= 0.3 is 0 Å². The van der Waals surface area contributed by atoms with E-state index in [2.05, 4.69) is 4.98 Å². The predicted octanol–water partition coefficient (Wildman–Crippen LogP) is 0.149. The number of likely N-dealkylation sites (tertiary alicyclic amines) is 1. The summed E-state index contributed by atoms with van der Waals surface area (Å²) in [5, 5.41) is 10.4. The van der Waals surface area contributed by atoms with Crippen LogP contribution in [0, 0.1) is 0 Å². The van der Waals surface area contributed by atoms with Gasteiger partial charge in [-0.25, -0.2) is 0 Å². The molecule has 0 aromatic carbocycles. The zero-order valence-corrected chi connectivity index (χ0v) is 11.5. The van der Waals surface area contributed by atoms with Crippen molar-refractivity contribution in [3.8, 4) is 0 Å². The number of nitrogens with zero attached hydrogens (tertiary/aromatic N) is 3. The lowest BCUT2D eigenvalue weighted by molar-refractivity contribution is -0.130. The molecule has 1 N–H and O–H groups in total. The molecule has 1 aliphatic rings. The minimum atomic E-state index is -0.770. The summed E-state index contributed by atoms with van der Waals surface area (Å²) in [5.74, 6) is 0.0580. The van der Waals surface area contributed by atoms with Crippen molar-refractivity contribution in [1.29, 1.82) is 0 Å². The Morgan fingerprint density at radius 1 is 1.58 bits per heavy atom. The minimum absolute atomic E-state index is 0.0580. The SMILES string of the molecule is CN(C)C[C@]1(O)CCN(C(=O)Cc2cccnc2)C1. The molecule has 0 saturated carbocycles. The van der Waals surface area contributed by atoms with Gasteiger partial charge in [0.15, 0.2) is 0 Å². The first kappa shape index (κ1) is 14.0. The van der Waals surface area contributed by atoms with E-state index in [1.807, 2.05) is 31.1 Å². The maximum Gasteiger partial charge on any atom is 0.227 e. The van der Waals surface area contributed by atoms with E-state index in [1.54, 1.807) is 17.3 Å². The molecule has 1 aromatic rings. The third-order valence-corrected chi connectivity index (χ3v) is 3.37. The molecule has 0 radical (unpaired) electrons. The number of likely N-dealkylation sites (N-methyl/N-ethyl adjacent to an activating group) is 1. The molecule has 0 unspecified atom stereocenters. The molecule has 0 bridgehead atoms. The van der Waals surface area contributed by atoms with Crippen LogP contribution in [-0.2, 0) is 11.2 Å². The van der Waals surface area contributed by atoms with Crippen molar-refractivity contribution in [2.75, 3.05) is 33.7 Å². The predicted molar refractivity (Wildman–Crippen MR) is 72.6 cm³/mol. The molecule has 1 atom stereocenters. The van der Waals surface area contributed by atoms with Crippen LogP contribution >= 0.6 is 0 Å². The van der Waals surface area contributed by atoms with Gasteiger partial charge in [0.1, 0.15) is 0 Å². The Hall–Kier alpha value is -1.46. The van der Waals surface area contributed by atoms with Crippen LogP contribution in [0.25, 0.3) is 0 Å². The largest absolute Gasteiger partial charge is 0.387 e. The molecule has 1 amide bonds. The van der Waals surface area contributed by atoms with E-state index in [1.165, 1.54) is 0 Å². The monoisotopic (exact) mass is 263 g/mol. The van der Waals surface area contributed by atoms with E-state index in [0.717, 1.165) is 5.56 Å². The van der Waals surface area contributed by atoms with E-state index in [-0.39, 0.29) is 5.91 Å². The summed E-state index contributed by atoms with van der Waals surface area (Å²) in [6.07, 6.45) is 4.40. The van der Waals surface area contributed by atoms with Crippen LogP contribution in [0.2, 0.25) is 0 Å². The maximum absolute atomic E-state index is 12.2. The Morgan fingerprint density at radius 3 is 3.00 bits per heavy atom. The van der Waals surface area contributed by atoms with E-state index < -0.39 is 5.60 Å². The van der Waals surface area contributed by atoms with Crippen LogP contribution in [0.5, 0.6) is 0 Å². The molecule has 1 fully saturated rings. The van der Waals surface area contributed by atoms with Crippen LogP contribution in [0.1, 0.15) is 12.0 Å². The molecule has 1 aromatic heterocycles. The smallest absolute Gasteiger partial charge is 0.227 e. The highest BCUT2D eigenvalue weighted by atomic mass is 16.3. The fraction of sp³-hybridized carbons (Fsp3) is 0.571. The number of amides is 1. The zero-order valence-electron chi connectivity index (χ0n) is 11.5. The summed E-state index contributed by atoms with van der Waals surface area (Å²) >= 11 is 0. The number of rotatable bonds is 4. The van der Waals surface area contributed by atoms with Gasteiger partial charge in [-0.1, -0.05) is 6.07 Å². The molecular weight excluding hydrogens is 242 g/mol. The lowest BCUT2D eigenvalue weighted by Crippen LogP contribution is -2.43. The third kappa shape index (κ3) is 3.75. The number of carbonyl (C=O) groups excluding carboxylic acids is 1. The summed E-state index contributed by atoms with van der Waals surface area (Å²) in [5.41, 5.74) is 0.143. The standard InChI is InChI=1S/C14H21N3O2/c1-16(2)10-14(19)5-7-17(11-14)13(18)8-12-4-3-6-15-9-12/h3-4,6,9,19H,5,7-8,10-11H2,1-2H3/t14-/m1/s1. The van der Waals surface area contributed by atoms with Crippen molar-refractivity contribution in [3.05, 3.63) is 30.1 Å². The van der Waals surface area contributed by atoms with Crippen LogP contribution in [0.3, 0.4) is 0 Å². The van der Waals surface area contributed by atoms with Crippen molar-refractivity contribution >= 4 is 5.91 Å². The maximum atomic E-state index is 12.2. The fourth-order valence-electron chi connectivity index (χ4n) is 2.58. The average molecular weight is 263 g/mol. The topological polar surface area (TPSA) is 56.7 Å². The second-order valence-electron chi connectivity index (χ2n) is 5.57. The Kier molecular flexibility index (Phi) is 4.17. The van der Waals surface area contributed by atoms with Crippen LogP contribution in [-0.4, -0.2) is 65.1 Å². The highest BCUT2D eigenvalue weighted by Crippen LogP contribution is 2.22. The molecular formula is C14H21N3O2. The molecule has 19 heavy (non-hydrogen) atoms. The molecule has 104 valence electrons. The number of hydrogen-bond acceptors (Lipinski definition) is 4. The minimum Gasteiger partial charge on any atom is -0.387 e. The Morgan fingerprint density at radius 2 is 2.37 bits per heavy atom. The van der Waals surface area contributed by atoms with Crippen molar-refractivity contribution in [1.82, 2.24) is 14.8 Å². The Labute approximate surface area is 113 Å². The lowest BCUT2D eigenvalue weighted by atomic mass is 10.0. The number of aliphatic hydroxyl groups is 1. The van der Waals surface area contributed by atoms with E-state index >= 15 is 0 Å². The van der Waals surface area contributed by atoms with Gasteiger partial charge in [0, 0.05) is 25.5 Å². The van der Waals surface area contributed by atoms with Gasteiger partial charge in [-0.2, -0.15) is 0 Å². The van der Waals surface area contributed by atoms with Gasteiger partial charge in [0.25, 0.3) is 0 Å². The summed E-state index contributed by atoms with van der Waals surface area (Å²) in [6.45, 7) is 1.64. The molecule has 5 heteroatoms. The highest BCUT2D eigenvalue weighted by molar-refractivity contribution is 5.79. The number of pyridine rings is 1. The second-order valence-corrected chi connectivity index (χ2v) is 5.57. The van der Waals surface area contributed by atoms with E-state index in [9.17, 15) is 9.90 Å². The van der Waals surface area contributed by atoms with Crippen LogP contribution < -0.4 is 0 Å². The highest BCUT2D eigenvalue weighted by Gasteiger charge is 2.38. The quantitative estimate of drug-likeness (QED) is 0.840. The normalized spacial score (nSPS) is 23.1. The third-order valence-electron chi connectivity index (χ3n) is 3.37. The molecule has 1 saturated heterocycles. The number of hydrogen-bond donors (Lipinski definition) is 1. The molecule has 5 nitrogen and oxygen atoms in total. The summed E-state index contributed by atoms with van der Waals surface area (Å²) in [6, 6.07) is 3.72. The first-order valence-corrected chi connectivity index (χ1v) is 6.52. The number of carbonyl (C=O) groups is 1. The number of β-amino-alcohol motifs (C(OH)–C–C–N with tert-alkyl or cyclic N) is 1. The van der Waals surface area contributed by atoms with Gasteiger partial charge in [0.2, 0.25) is 5.91 Å². The zero-order chi connectivity index (χ0) is 13.9. The first-order chi connectivity index (χ1) is 8.98. The molecule has 2 rings (SSSR count).